The van der Waals surface area contributed by atoms with E-state index in [2.05, 4.69) is 128 Å². The zero-order chi connectivity index (χ0) is 28.7. The lowest BCUT2D eigenvalue weighted by atomic mass is 9.93. The van der Waals surface area contributed by atoms with Crippen molar-refractivity contribution in [1.82, 2.24) is 0 Å². The number of azo groups is 1. The monoisotopic (exact) mass is 542 g/mol. The molecule has 4 aromatic rings. The molecule has 0 atom stereocenters. The lowest BCUT2D eigenvalue weighted by Gasteiger charge is -2.13. The Morgan fingerprint density at radius 3 is 1.93 bits per heavy atom. The standard InChI is InChI=1S/C39H46N2/c1-4-6-8-9-10-13-23-36-28-32(24-25-38(36)33-19-14-11-15-20-33)26-27-40-41-37-29-35(18-7-5-2)31(3)39(30-37)34-21-16-12-17-22-34/h11-12,14-17,19-22,24-30H,4-10,13,18,23H2,1-3H3. The van der Waals surface area contributed by atoms with Crippen LogP contribution in [0.2, 0.25) is 0 Å². The first-order valence-electron chi connectivity index (χ1n) is 15.6. The summed E-state index contributed by atoms with van der Waals surface area (Å²) in [5.41, 5.74) is 11.3. The van der Waals surface area contributed by atoms with Gasteiger partial charge in [0.15, 0.2) is 0 Å². The lowest BCUT2D eigenvalue weighted by molar-refractivity contribution is 0.608. The molecule has 2 heteroatoms. The Morgan fingerprint density at radius 1 is 0.585 bits per heavy atom. The van der Waals surface area contributed by atoms with E-state index in [0.29, 0.717) is 0 Å². The first-order chi connectivity index (χ1) is 20.2. The van der Waals surface area contributed by atoms with Crippen molar-refractivity contribution in [3.05, 3.63) is 119 Å². The van der Waals surface area contributed by atoms with Gasteiger partial charge in [0.25, 0.3) is 0 Å². The van der Waals surface area contributed by atoms with Crippen LogP contribution in [0.5, 0.6) is 0 Å². The summed E-state index contributed by atoms with van der Waals surface area (Å²) in [6, 6.07) is 32.6. The molecule has 0 saturated carbocycles. The average Bonchev–Trinajstić information content (AvgIpc) is 3.02. The zero-order valence-electron chi connectivity index (χ0n) is 25.3. The highest BCUT2D eigenvalue weighted by Gasteiger charge is 2.09. The van der Waals surface area contributed by atoms with E-state index >= 15 is 0 Å². The summed E-state index contributed by atoms with van der Waals surface area (Å²) in [5, 5.41) is 9.11. The maximum atomic E-state index is 4.63. The van der Waals surface area contributed by atoms with Crippen molar-refractivity contribution < 1.29 is 0 Å². The van der Waals surface area contributed by atoms with Crippen LogP contribution < -0.4 is 0 Å². The van der Waals surface area contributed by atoms with E-state index in [4.69, 9.17) is 0 Å². The Morgan fingerprint density at radius 2 is 1.22 bits per heavy atom. The van der Waals surface area contributed by atoms with Gasteiger partial charge in [0.2, 0.25) is 0 Å². The van der Waals surface area contributed by atoms with Crippen LogP contribution >= 0.6 is 0 Å². The fourth-order valence-electron chi connectivity index (χ4n) is 5.50. The van der Waals surface area contributed by atoms with Gasteiger partial charge in [-0.1, -0.05) is 131 Å². The molecule has 0 N–H and O–H groups in total. The van der Waals surface area contributed by atoms with Gasteiger partial charge in [-0.25, -0.2) is 0 Å². The van der Waals surface area contributed by atoms with E-state index in [0.717, 1.165) is 18.5 Å². The van der Waals surface area contributed by atoms with Gasteiger partial charge in [0.05, 0.1) is 11.9 Å². The van der Waals surface area contributed by atoms with Crippen molar-refractivity contribution in [3.63, 3.8) is 0 Å². The third kappa shape index (κ3) is 9.11. The first-order valence-corrected chi connectivity index (χ1v) is 15.6. The molecule has 0 unspecified atom stereocenters. The van der Waals surface area contributed by atoms with Crippen molar-refractivity contribution >= 4 is 11.8 Å². The molecule has 0 spiro atoms. The second-order valence-electron chi connectivity index (χ2n) is 11.1. The molecule has 0 fully saturated rings. The molecule has 0 aliphatic heterocycles. The Hall–Kier alpha value is -3.78. The van der Waals surface area contributed by atoms with Crippen LogP contribution in [0, 0.1) is 6.92 Å². The fraction of sp³-hybridized carbons (Fsp3) is 0.333. The first kappa shape index (κ1) is 30.2. The average molecular weight is 543 g/mol. The molecule has 4 rings (SSSR count). The van der Waals surface area contributed by atoms with E-state index in [1.54, 1.807) is 0 Å². The summed E-state index contributed by atoms with van der Waals surface area (Å²) in [5.74, 6) is 0. The smallest absolute Gasteiger partial charge is 0.0865 e. The lowest BCUT2D eigenvalue weighted by Crippen LogP contribution is -1.93. The van der Waals surface area contributed by atoms with Gasteiger partial charge >= 0.3 is 0 Å². The van der Waals surface area contributed by atoms with E-state index in [9.17, 15) is 0 Å². The molecule has 0 aliphatic carbocycles. The number of nitrogens with zero attached hydrogens (tertiary/aromatic N) is 2. The highest BCUT2D eigenvalue weighted by molar-refractivity contribution is 5.72. The molecule has 0 amide bonds. The van der Waals surface area contributed by atoms with Gasteiger partial charge in [-0.05, 0) is 95.3 Å². The molecule has 0 aromatic heterocycles. The third-order valence-corrected chi connectivity index (χ3v) is 7.91. The van der Waals surface area contributed by atoms with Crippen LogP contribution in [0.4, 0.5) is 5.69 Å². The Kier molecular flexibility index (Phi) is 12.1. The molecule has 0 radical (unpaired) electrons. The summed E-state index contributed by atoms with van der Waals surface area (Å²) in [6.45, 7) is 6.75. The second kappa shape index (κ2) is 16.5. The molecule has 212 valence electrons. The van der Waals surface area contributed by atoms with Crippen LogP contribution in [0.15, 0.2) is 107 Å². The molecule has 0 aliphatic rings. The number of benzene rings is 4. The zero-order valence-corrected chi connectivity index (χ0v) is 25.3. The maximum Gasteiger partial charge on any atom is 0.0865 e. The van der Waals surface area contributed by atoms with E-state index in [-0.39, 0.29) is 0 Å². The fourth-order valence-corrected chi connectivity index (χ4v) is 5.50. The molecule has 4 aromatic carbocycles. The number of rotatable bonds is 15. The molecule has 0 saturated heterocycles. The minimum atomic E-state index is 0.911. The quantitative estimate of drug-likeness (QED) is 0.105. The van der Waals surface area contributed by atoms with Crippen molar-refractivity contribution in [2.75, 3.05) is 0 Å². The maximum absolute atomic E-state index is 4.63. The number of aryl methyl sites for hydroxylation is 2. The predicted molar refractivity (Wildman–Crippen MR) is 178 cm³/mol. The Balaban J connectivity index is 1.52. The van der Waals surface area contributed by atoms with Gasteiger partial charge < -0.3 is 0 Å². The summed E-state index contributed by atoms with van der Waals surface area (Å²) in [7, 11) is 0. The summed E-state index contributed by atoms with van der Waals surface area (Å²) < 4.78 is 0. The molecule has 41 heavy (non-hydrogen) atoms. The summed E-state index contributed by atoms with van der Waals surface area (Å²) >= 11 is 0. The third-order valence-electron chi connectivity index (χ3n) is 7.91. The topological polar surface area (TPSA) is 24.7 Å². The van der Waals surface area contributed by atoms with E-state index in [1.807, 2.05) is 6.20 Å². The second-order valence-corrected chi connectivity index (χ2v) is 11.1. The Bertz CT molecular complexity index is 1400. The molecule has 0 heterocycles. The van der Waals surface area contributed by atoms with E-state index in [1.165, 1.54) is 95.9 Å². The van der Waals surface area contributed by atoms with Crippen LogP contribution in [-0.2, 0) is 12.8 Å². The van der Waals surface area contributed by atoms with Crippen LogP contribution in [0.25, 0.3) is 28.3 Å². The molecular formula is C39H46N2. The number of hydrogen-bond donors (Lipinski definition) is 0. The van der Waals surface area contributed by atoms with Crippen LogP contribution in [0.3, 0.4) is 0 Å². The van der Waals surface area contributed by atoms with Crippen LogP contribution in [0.1, 0.15) is 87.5 Å². The van der Waals surface area contributed by atoms with Crippen molar-refractivity contribution in [2.45, 2.75) is 85.0 Å². The summed E-state index contributed by atoms with van der Waals surface area (Å²) in [6.07, 6.45) is 16.3. The Labute approximate surface area is 248 Å². The van der Waals surface area contributed by atoms with Crippen LogP contribution in [-0.4, -0.2) is 0 Å². The van der Waals surface area contributed by atoms with Crippen molar-refractivity contribution in [3.8, 4) is 22.3 Å². The minimum Gasteiger partial charge on any atom is -0.159 e. The minimum absolute atomic E-state index is 0.911. The number of unbranched alkanes of at least 4 members (excludes halogenated alkanes) is 6. The predicted octanol–water partition coefficient (Wildman–Crippen LogP) is 12.3. The normalized spacial score (nSPS) is 11.6. The summed E-state index contributed by atoms with van der Waals surface area (Å²) in [4.78, 5) is 0. The highest BCUT2D eigenvalue weighted by Crippen LogP contribution is 2.32. The van der Waals surface area contributed by atoms with Crippen molar-refractivity contribution in [1.29, 1.82) is 0 Å². The van der Waals surface area contributed by atoms with Gasteiger partial charge in [-0.3, -0.25) is 0 Å². The van der Waals surface area contributed by atoms with Gasteiger partial charge in [-0.2, -0.15) is 10.2 Å². The SMILES string of the molecule is CCCCCCCCc1cc(C=CN=Nc2cc(CCCC)c(C)c(-c3ccccc3)c2)ccc1-c1ccccc1. The highest BCUT2D eigenvalue weighted by atomic mass is 15.1. The molecular weight excluding hydrogens is 496 g/mol. The van der Waals surface area contributed by atoms with Gasteiger partial charge in [0, 0.05) is 0 Å². The van der Waals surface area contributed by atoms with Crippen molar-refractivity contribution in [2.24, 2.45) is 10.2 Å². The molecule has 0 bridgehead atoms. The molecule has 2 nitrogen and oxygen atoms in total. The van der Waals surface area contributed by atoms with Gasteiger partial charge in [-0.15, -0.1) is 0 Å². The van der Waals surface area contributed by atoms with Gasteiger partial charge in [0.1, 0.15) is 0 Å². The van der Waals surface area contributed by atoms with E-state index < -0.39 is 0 Å². The number of hydrogen-bond acceptors (Lipinski definition) is 2. The largest absolute Gasteiger partial charge is 0.159 e.